The van der Waals surface area contributed by atoms with Crippen molar-refractivity contribution in [3.63, 3.8) is 0 Å². The third-order valence-corrected chi connectivity index (χ3v) is 11.6. The summed E-state index contributed by atoms with van der Waals surface area (Å²) in [5.74, 6) is -0.913. The lowest BCUT2D eigenvalue weighted by atomic mass is 10.0. The zero-order chi connectivity index (χ0) is 46.5. The van der Waals surface area contributed by atoms with Gasteiger partial charge >= 0.3 is 17.9 Å². The number of ether oxygens (including phenoxy) is 3. The van der Waals surface area contributed by atoms with E-state index in [4.69, 9.17) is 14.2 Å². The third kappa shape index (κ3) is 49.9. The fourth-order valence-electron chi connectivity index (χ4n) is 7.56. The molecule has 0 radical (unpaired) electrons. The molecule has 0 amide bonds. The first-order valence-electron chi connectivity index (χ1n) is 27.0. The number of carbonyl (C=O) groups excluding carboxylic acids is 3. The van der Waals surface area contributed by atoms with Gasteiger partial charge in [-0.3, -0.25) is 14.4 Å². The molecule has 0 saturated heterocycles. The van der Waals surface area contributed by atoms with Crippen molar-refractivity contribution >= 4 is 17.9 Å². The highest BCUT2D eigenvalue weighted by molar-refractivity contribution is 5.71. The van der Waals surface area contributed by atoms with E-state index in [-0.39, 0.29) is 31.1 Å². The highest BCUT2D eigenvalue weighted by Crippen LogP contribution is 2.16. The van der Waals surface area contributed by atoms with Crippen LogP contribution < -0.4 is 0 Å². The molecule has 6 nitrogen and oxygen atoms in total. The second-order valence-electron chi connectivity index (χ2n) is 17.9. The van der Waals surface area contributed by atoms with E-state index in [9.17, 15) is 14.4 Å². The van der Waals surface area contributed by atoms with Gasteiger partial charge in [0, 0.05) is 19.3 Å². The molecule has 0 N–H and O–H groups in total. The number of allylic oxidation sites excluding steroid dienone is 12. The predicted molar refractivity (Wildman–Crippen MR) is 274 cm³/mol. The number of esters is 3. The van der Waals surface area contributed by atoms with Crippen LogP contribution in [0.25, 0.3) is 0 Å². The zero-order valence-corrected chi connectivity index (χ0v) is 42.0. The molecule has 0 rings (SSSR count). The molecule has 1 atom stereocenters. The molecule has 6 heteroatoms. The topological polar surface area (TPSA) is 78.9 Å². The first kappa shape index (κ1) is 60.9. The van der Waals surface area contributed by atoms with E-state index in [1.807, 2.05) is 0 Å². The van der Waals surface area contributed by atoms with Crippen molar-refractivity contribution in [2.75, 3.05) is 13.2 Å². The third-order valence-electron chi connectivity index (χ3n) is 11.6. The Morgan fingerprint density at radius 1 is 0.328 bits per heavy atom. The molecule has 0 aliphatic heterocycles. The standard InChI is InChI=1S/C58H100O6/c1-4-7-10-13-16-19-22-25-27-28-29-31-33-36-39-42-45-48-51-57(60)63-54-55(53-62-56(59)50-47-44-41-38-35-32-24-21-18-15-12-9-6-3)64-58(61)52-49-46-43-40-37-34-30-26-23-20-17-14-11-8-5-2/h8-9,11-12,14-15,17-18,20-21,23-24,55H,4-7,10,13,16,19,22,25-54H2,1-3H3/b11-8+,12-9+,17-14+,18-15+,23-20+,24-21+. The molecule has 0 saturated carbocycles. The molecule has 368 valence electrons. The van der Waals surface area contributed by atoms with E-state index in [0.717, 1.165) is 96.3 Å². The lowest BCUT2D eigenvalue weighted by Gasteiger charge is -2.18. The monoisotopic (exact) mass is 893 g/mol. The van der Waals surface area contributed by atoms with Gasteiger partial charge in [-0.15, -0.1) is 0 Å². The van der Waals surface area contributed by atoms with Crippen LogP contribution in [0.5, 0.6) is 0 Å². The van der Waals surface area contributed by atoms with Crippen molar-refractivity contribution in [2.45, 2.75) is 264 Å². The maximum Gasteiger partial charge on any atom is 0.306 e. The van der Waals surface area contributed by atoms with E-state index in [2.05, 4.69) is 93.7 Å². The summed E-state index contributed by atoms with van der Waals surface area (Å²) in [6.07, 6.45) is 66.0. The molecule has 0 aromatic carbocycles. The van der Waals surface area contributed by atoms with Crippen LogP contribution in [0.15, 0.2) is 72.9 Å². The molecule has 0 heterocycles. The highest BCUT2D eigenvalue weighted by atomic mass is 16.6. The maximum atomic E-state index is 12.8. The summed E-state index contributed by atoms with van der Waals surface area (Å²) in [7, 11) is 0. The Hall–Kier alpha value is -3.15. The van der Waals surface area contributed by atoms with Gasteiger partial charge in [0.25, 0.3) is 0 Å². The lowest BCUT2D eigenvalue weighted by molar-refractivity contribution is -0.167. The molecule has 0 fully saturated rings. The Balaban J connectivity index is 4.37. The van der Waals surface area contributed by atoms with Crippen LogP contribution in [0, 0.1) is 0 Å². The van der Waals surface area contributed by atoms with Gasteiger partial charge in [0.2, 0.25) is 0 Å². The highest BCUT2D eigenvalue weighted by Gasteiger charge is 2.19. The lowest BCUT2D eigenvalue weighted by Crippen LogP contribution is -2.30. The number of hydrogen-bond donors (Lipinski definition) is 0. The first-order valence-corrected chi connectivity index (χ1v) is 27.0. The summed E-state index contributed by atoms with van der Waals surface area (Å²) < 4.78 is 16.8. The van der Waals surface area contributed by atoms with Crippen LogP contribution in [0.1, 0.15) is 258 Å². The van der Waals surface area contributed by atoms with Crippen LogP contribution >= 0.6 is 0 Å². The fourth-order valence-corrected chi connectivity index (χ4v) is 7.56. The predicted octanol–water partition coefficient (Wildman–Crippen LogP) is 17.8. The van der Waals surface area contributed by atoms with Gasteiger partial charge in [-0.1, -0.05) is 254 Å². The zero-order valence-electron chi connectivity index (χ0n) is 42.0. The number of unbranched alkanes of at least 4 members (excludes halogenated alkanes) is 29. The second-order valence-corrected chi connectivity index (χ2v) is 17.9. The summed E-state index contributed by atoms with van der Waals surface area (Å²) >= 11 is 0. The van der Waals surface area contributed by atoms with E-state index >= 15 is 0 Å². The molecule has 1 unspecified atom stereocenters. The summed E-state index contributed by atoms with van der Waals surface area (Å²) in [4.78, 5) is 38.0. The minimum atomic E-state index is -0.788. The van der Waals surface area contributed by atoms with Gasteiger partial charge < -0.3 is 14.2 Å². The van der Waals surface area contributed by atoms with Gasteiger partial charge in [-0.2, -0.15) is 0 Å². The van der Waals surface area contributed by atoms with Gasteiger partial charge in [0.05, 0.1) is 0 Å². The smallest absolute Gasteiger partial charge is 0.306 e. The summed E-state index contributed by atoms with van der Waals surface area (Å²) in [5, 5.41) is 0. The van der Waals surface area contributed by atoms with Crippen molar-refractivity contribution in [1.82, 2.24) is 0 Å². The molecule has 0 aromatic heterocycles. The average Bonchev–Trinajstić information content (AvgIpc) is 3.29. The van der Waals surface area contributed by atoms with Crippen LogP contribution in [0.3, 0.4) is 0 Å². The molecule has 0 aliphatic rings. The van der Waals surface area contributed by atoms with Crippen molar-refractivity contribution in [2.24, 2.45) is 0 Å². The number of rotatable bonds is 48. The largest absolute Gasteiger partial charge is 0.462 e. The van der Waals surface area contributed by atoms with Gasteiger partial charge in [0.1, 0.15) is 13.2 Å². The van der Waals surface area contributed by atoms with Crippen LogP contribution in [0.2, 0.25) is 0 Å². The summed E-state index contributed by atoms with van der Waals surface area (Å²) in [6, 6.07) is 0. The number of carbonyl (C=O) groups is 3. The van der Waals surface area contributed by atoms with Crippen molar-refractivity contribution in [1.29, 1.82) is 0 Å². The maximum absolute atomic E-state index is 12.8. The Morgan fingerprint density at radius 3 is 0.938 bits per heavy atom. The summed E-state index contributed by atoms with van der Waals surface area (Å²) in [5.41, 5.74) is 0. The van der Waals surface area contributed by atoms with Gasteiger partial charge in [-0.25, -0.2) is 0 Å². The Bertz CT molecular complexity index is 1210. The van der Waals surface area contributed by atoms with E-state index < -0.39 is 6.10 Å². The second kappa shape index (κ2) is 52.5. The Labute approximate surface area is 395 Å². The molecule has 64 heavy (non-hydrogen) atoms. The minimum absolute atomic E-state index is 0.0854. The molecular formula is C58H100O6. The van der Waals surface area contributed by atoms with Crippen LogP contribution in [-0.2, 0) is 28.6 Å². The van der Waals surface area contributed by atoms with Crippen molar-refractivity contribution in [3.8, 4) is 0 Å². The Kier molecular flexibility index (Phi) is 49.9. The fraction of sp³-hybridized carbons (Fsp3) is 0.741. The normalized spacial score (nSPS) is 12.6. The van der Waals surface area contributed by atoms with Crippen LogP contribution in [-0.4, -0.2) is 37.2 Å². The quantitative estimate of drug-likeness (QED) is 0.0262. The average molecular weight is 893 g/mol. The first-order chi connectivity index (χ1) is 31.5. The molecule has 0 bridgehead atoms. The van der Waals surface area contributed by atoms with Gasteiger partial charge in [0.15, 0.2) is 6.10 Å². The van der Waals surface area contributed by atoms with E-state index in [1.165, 1.54) is 122 Å². The van der Waals surface area contributed by atoms with E-state index in [1.54, 1.807) is 0 Å². The molecule has 0 aromatic rings. The van der Waals surface area contributed by atoms with E-state index in [0.29, 0.717) is 19.3 Å². The Morgan fingerprint density at radius 2 is 0.609 bits per heavy atom. The SMILES string of the molecule is CC/C=C/C=C/C=C/CCCCCCCCCC(=O)OC(COC(=O)CCCCCCC/C=C/C=C/C=C/CC)COC(=O)CCCCCCCCCCCCCCCCCCCC. The molecular weight excluding hydrogens is 793 g/mol. The van der Waals surface area contributed by atoms with Crippen LogP contribution in [0.4, 0.5) is 0 Å². The molecule has 0 spiro atoms. The number of hydrogen-bond acceptors (Lipinski definition) is 6. The summed E-state index contributed by atoms with van der Waals surface area (Å²) in [6.45, 7) is 6.37. The van der Waals surface area contributed by atoms with Crippen molar-refractivity contribution < 1.29 is 28.6 Å². The molecule has 0 aliphatic carbocycles. The minimum Gasteiger partial charge on any atom is -0.462 e. The van der Waals surface area contributed by atoms with Gasteiger partial charge in [-0.05, 0) is 57.8 Å². The van der Waals surface area contributed by atoms with Crippen molar-refractivity contribution in [3.05, 3.63) is 72.9 Å².